The minimum absolute atomic E-state index is 0.116. The van der Waals surface area contributed by atoms with Gasteiger partial charge in [0.15, 0.2) is 0 Å². The summed E-state index contributed by atoms with van der Waals surface area (Å²) in [6.45, 7) is 3.43. The Morgan fingerprint density at radius 2 is 1.71 bits per heavy atom. The average molecular weight is 582 g/mol. The molecule has 216 valence electrons. The van der Waals surface area contributed by atoms with E-state index in [0.29, 0.717) is 11.6 Å². The van der Waals surface area contributed by atoms with E-state index in [0.717, 1.165) is 65.6 Å². The number of carbonyl (C=O) groups excluding carboxylic acids is 2. The molecule has 1 fully saturated rings. The van der Waals surface area contributed by atoms with Crippen molar-refractivity contribution in [3.05, 3.63) is 107 Å². The van der Waals surface area contributed by atoms with Crippen molar-refractivity contribution in [1.29, 1.82) is 0 Å². The number of nitrogens with one attached hydrogen (secondary N) is 3. The maximum absolute atomic E-state index is 13.1. The first-order valence-electron chi connectivity index (χ1n) is 14.4. The van der Waals surface area contributed by atoms with Gasteiger partial charge in [0.25, 0.3) is 5.91 Å². The van der Waals surface area contributed by atoms with E-state index in [4.69, 9.17) is 11.6 Å². The number of nitrogens with zero attached hydrogens (tertiary/aromatic N) is 2. The molecule has 8 heteroatoms. The van der Waals surface area contributed by atoms with Crippen molar-refractivity contribution in [2.45, 2.75) is 44.7 Å². The quantitative estimate of drug-likeness (QED) is 0.125. The van der Waals surface area contributed by atoms with Crippen LogP contribution in [0.2, 0.25) is 5.02 Å². The first-order valence-corrected chi connectivity index (χ1v) is 14.8. The van der Waals surface area contributed by atoms with Crippen molar-refractivity contribution in [2.24, 2.45) is 0 Å². The standard InChI is InChI=1S/C34H36ClN5O2/c1-24-11-15-27(16-12-24)40-31(18-13-25-9-5-4-6-10-25)32(33(40)41)39-34(42)38-21-8-3-2-7-20-36-29-19-22-37-30-23-26(35)14-17-28(29)30/h4-6,9-19,22-23,31-32H,2-3,7-8,20-21H2,1H3,(H,36,37)(H2,38,39,42)/b18-13+/t31-,32+/m0/s1. The highest BCUT2D eigenvalue weighted by Crippen LogP contribution is 2.30. The molecule has 2 atom stereocenters. The number of fused-ring (bicyclic) bond motifs is 1. The van der Waals surface area contributed by atoms with Gasteiger partial charge in [-0.15, -0.1) is 0 Å². The summed E-state index contributed by atoms with van der Waals surface area (Å²) in [5.74, 6) is -0.116. The second-order valence-corrected chi connectivity index (χ2v) is 11.0. The molecule has 0 bridgehead atoms. The van der Waals surface area contributed by atoms with Crippen LogP contribution >= 0.6 is 11.6 Å². The van der Waals surface area contributed by atoms with Crippen molar-refractivity contribution in [3.8, 4) is 0 Å². The number of halogens is 1. The van der Waals surface area contributed by atoms with Gasteiger partial charge in [-0.25, -0.2) is 4.79 Å². The lowest BCUT2D eigenvalue weighted by molar-refractivity contribution is -0.125. The number of anilines is 2. The van der Waals surface area contributed by atoms with Crippen LogP contribution < -0.4 is 20.9 Å². The topological polar surface area (TPSA) is 86.4 Å². The summed E-state index contributed by atoms with van der Waals surface area (Å²) < 4.78 is 0. The molecule has 2 heterocycles. The van der Waals surface area contributed by atoms with Gasteiger partial charge >= 0.3 is 6.03 Å². The molecule has 3 amide bonds. The number of hydrogen-bond acceptors (Lipinski definition) is 4. The Labute approximate surface area is 252 Å². The zero-order chi connectivity index (χ0) is 29.3. The van der Waals surface area contributed by atoms with Crippen LogP contribution in [0.5, 0.6) is 0 Å². The van der Waals surface area contributed by atoms with Crippen LogP contribution in [0.15, 0.2) is 91.1 Å². The third-order valence-electron chi connectivity index (χ3n) is 7.44. The number of benzene rings is 3. The Bertz CT molecular complexity index is 1540. The van der Waals surface area contributed by atoms with Crippen molar-refractivity contribution in [2.75, 3.05) is 23.3 Å². The average Bonchev–Trinajstić information content (AvgIpc) is 3.00. The molecule has 0 radical (unpaired) electrons. The van der Waals surface area contributed by atoms with Crippen molar-refractivity contribution < 1.29 is 9.59 Å². The third-order valence-corrected chi connectivity index (χ3v) is 7.67. The molecular weight excluding hydrogens is 546 g/mol. The van der Waals surface area contributed by atoms with Crippen LogP contribution in [0, 0.1) is 6.92 Å². The highest BCUT2D eigenvalue weighted by molar-refractivity contribution is 6.31. The van der Waals surface area contributed by atoms with E-state index < -0.39 is 6.04 Å². The van der Waals surface area contributed by atoms with E-state index in [2.05, 4.69) is 20.9 Å². The lowest BCUT2D eigenvalue weighted by Crippen LogP contribution is -2.71. The largest absolute Gasteiger partial charge is 0.384 e. The Kier molecular flexibility index (Phi) is 9.72. The van der Waals surface area contributed by atoms with Crippen LogP contribution in [0.3, 0.4) is 0 Å². The normalized spacial score (nSPS) is 16.4. The SMILES string of the molecule is Cc1ccc(N2C(=O)[C@H](NC(=O)NCCCCCCNc3ccnc4cc(Cl)ccc34)[C@@H]2/C=C/c2ccccc2)cc1. The van der Waals surface area contributed by atoms with E-state index in [9.17, 15) is 9.59 Å². The zero-order valence-electron chi connectivity index (χ0n) is 23.7. The molecule has 1 aliphatic rings. The summed E-state index contributed by atoms with van der Waals surface area (Å²) in [5.41, 5.74) is 4.92. The Morgan fingerprint density at radius 3 is 2.50 bits per heavy atom. The molecule has 1 aliphatic heterocycles. The Morgan fingerprint density at radius 1 is 0.952 bits per heavy atom. The maximum Gasteiger partial charge on any atom is 0.315 e. The minimum Gasteiger partial charge on any atom is -0.384 e. The van der Waals surface area contributed by atoms with Gasteiger partial charge in [-0.2, -0.15) is 0 Å². The van der Waals surface area contributed by atoms with E-state index in [1.165, 1.54) is 0 Å². The van der Waals surface area contributed by atoms with Gasteiger partial charge in [0.1, 0.15) is 6.04 Å². The Balaban J connectivity index is 1.05. The predicted molar refractivity (Wildman–Crippen MR) is 172 cm³/mol. The van der Waals surface area contributed by atoms with Crippen LogP contribution in [0.4, 0.5) is 16.2 Å². The molecule has 0 spiro atoms. The Hall–Kier alpha value is -4.36. The highest BCUT2D eigenvalue weighted by Gasteiger charge is 2.47. The lowest BCUT2D eigenvalue weighted by Gasteiger charge is -2.45. The van der Waals surface area contributed by atoms with Gasteiger partial charge in [0.05, 0.1) is 11.6 Å². The summed E-state index contributed by atoms with van der Waals surface area (Å²) in [6.07, 6.45) is 9.70. The number of aromatic nitrogens is 1. The van der Waals surface area contributed by atoms with E-state index in [-0.39, 0.29) is 18.0 Å². The number of carbonyl (C=O) groups is 2. The molecule has 3 aromatic carbocycles. The molecule has 1 aromatic heterocycles. The third kappa shape index (κ3) is 7.28. The van der Waals surface area contributed by atoms with Gasteiger partial charge in [-0.1, -0.05) is 84.6 Å². The number of rotatable bonds is 12. The molecule has 0 aliphatic carbocycles. The van der Waals surface area contributed by atoms with Crippen molar-refractivity contribution in [1.82, 2.24) is 15.6 Å². The maximum atomic E-state index is 13.1. The van der Waals surface area contributed by atoms with Crippen LogP contribution in [-0.2, 0) is 4.79 Å². The number of β-lactam (4-membered cyclic amide) rings is 1. The molecule has 7 nitrogen and oxygen atoms in total. The summed E-state index contributed by atoms with van der Waals surface area (Å²) in [4.78, 5) is 31.9. The van der Waals surface area contributed by atoms with Crippen molar-refractivity contribution >= 4 is 51.9 Å². The van der Waals surface area contributed by atoms with E-state index >= 15 is 0 Å². The fraction of sp³-hybridized carbons (Fsp3) is 0.265. The molecule has 4 aromatic rings. The van der Waals surface area contributed by atoms with Gasteiger partial charge in [-0.3, -0.25) is 9.78 Å². The summed E-state index contributed by atoms with van der Waals surface area (Å²) >= 11 is 6.08. The lowest BCUT2D eigenvalue weighted by atomic mass is 9.92. The molecule has 0 unspecified atom stereocenters. The van der Waals surface area contributed by atoms with Gasteiger partial charge < -0.3 is 20.9 Å². The zero-order valence-corrected chi connectivity index (χ0v) is 24.5. The summed E-state index contributed by atoms with van der Waals surface area (Å²) in [6, 6.07) is 24.3. The van der Waals surface area contributed by atoms with Gasteiger partial charge in [0, 0.05) is 41.1 Å². The smallest absolute Gasteiger partial charge is 0.315 e. The van der Waals surface area contributed by atoms with E-state index in [1.54, 1.807) is 11.1 Å². The van der Waals surface area contributed by atoms with Crippen LogP contribution in [0.25, 0.3) is 17.0 Å². The van der Waals surface area contributed by atoms with Crippen molar-refractivity contribution in [3.63, 3.8) is 0 Å². The molecule has 3 N–H and O–H groups in total. The minimum atomic E-state index is -0.613. The highest BCUT2D eigenvalue weighted by atomic mass is 35.5. The van der Waals surface area contributed by atoms with E-state index in [1.807, 2.05) is 97.9 Å². The number of hydrogen-bond donors (Lipinski definition) is 3. The van der Waals surface area contributed by atoms with Gasteiger partial charge in [0.2, 0.25) is 0 Å². The second kappa shape index (κ2) is 14.0. The molecule has 5 rings (SSSR count). The summed E-state index contributed by atoms with van der Waals surface area (Å²) in [5, 5.41) is 11.0. The molecule has 42 heavy (non-hydrogen) atoms. The number of aryl methyl sites for hydroxylation is 1. The first-order chi connectivity index (χ1) is 20.5. The summed E-state index contributed by atoms with van der Waals surface area (Å²) in [7, 11) is 0. The van der Waals surface area contributed by atoms with Crippen LogP contribution in [0.1, 0.15) is 36.8 Å². The first kappa shape index (κ1) is 29.1. The molecule has 1 saturated heterocycles. The molecular formula is C34H36ClN5O2. The number of urea groups is 1. The fourth-order valence-corrected chi connectivity index (χ4v) is 5.30. The molecule has 0 saturated carbocycles. The number of unbranched alkanes of at least 4 members (excludes halogenated alkanes) is 3. The monoisotopic (exact) mass is 581 g/mol. The fourth-order valence-electron chi connectivity index (χ4n) is 5.13. The number of amides is 3. The second-order valence-electron chi connectivity index (χ2n) is 10.5. The predicted octanol–water partition coefficient (Wildman–Crippen LogP) is 6.97. The van der Waals surface area contributed by atoms with Gasteiger partial charge in [-0.05, 0) is 61.7 Å². The number of pyridine rings is 1. The van der Waals surface area contributed by atoms with Crippen LogP contribution in [-0.4, -0.2) is 42.1 Å².